The number of rotatable bonds is 3. The van der Waals surface area contributed by atoms with Crippen LogP contribution < -0.4 is 10.5 Å². The molecule has 0 spiro atoms. The van der Waals surface area contributed by atoms with Gasteiger partial charge >= 0.3 is 0 Å². The molecule has 0 fully saturated rings. The van der Waals surface area contributed by atoms with E-state index >= 15 is 0 Å². The molecule has 92 valence electrons. The predicted octanol–water partition coefficient (Wildman–Crippen LogP) is 3.11. The van der Waals surface area contributed by atoms with E-state index in [4.69, 9.17) is 22.1 Å². The van der Waals surface area contributed by atoms with E-state index in [2.05, 4.69) is 0 Å². The minimum absolute atomic E-state index is 0.461. The highest BCUT2D eigenvalue weighted by atomic mass is 35.5. The van der Waals surface area contributed by atoms with E-state index in [0.717, 1.165) is 11.1 Å². The number of hydrogen-bond acceptors (Lipinski definition) is 2. The van der Waals surface area contributed by atoms with Crippen LogP contribution in [0.5, 0.6) is 5.75 Å². The van der Waals surface area contributed by atoms with Crippen LogP contribution in [0.15, 0.2) is 42.5 Å². The van der Waals surface area contributed by atoms with Gasteiger partial charge in [-0.1, -0.05) is 35.9 Å². The fraction of sp³-hybridized carbons (Fsp3) is 0.0714. The van der Waals surface area contributed by atoms with Crippen molar-refractivity contribution in [2.45, 2.75) is 0 Å². The first-order valence-corrected chi connectivity index (χ1v) is 5.74. The second-order valence-corrected chi connectivity index (χ2v) is 4.17. The largest absolute Gasteiger partial charge is 0.495 e. The SMILES string of the molecule is COc1ccc(-c2ccccc2C(N)=O)cc1Cl. The summed E-state index contributed by atoms with van der Waals surface area (Å²) in [5, 5.41) is 0.495. The molecule has 0 bridgehead atoms. The molecule has 0 aliphatic rings. The number of amides is 1. The number of hydrogen-bond donors (Lipinski definition) is 1. The van der Waals surface area contributed by atoms with Gasteiger partial charge in [0, 0.05) is 5.56 Å². The lowest BCUT2D eigenvalue weighted by molar-refractivity contribution is 0.100. The molecule has 0 aliphatic heterocycles. The van der Waals surface area contributed by atoms with E-state index in [1.54, 1.807) is 31.4 Å². The standard InChI is InChI=1S/C14H12ClNO2/c1-18-13-7-6-9(8-12(13)15)10-4-2-3-5-11(10)14(16)17/h2-8H,1H3,(H2,16,17). The fourth-order valence-corrected chi connectivity index (χ4v) is 2.04. The third kappa shape index (κ3) is 2.31. The van der Waals surface area contributed by atoms with Crippen LogP contribution in [0.4, 0.5) is 0 Å². The Hall–Kier alpha value is -2.00. The zero-order valence-electron chi connectivity index (χ0n) is 9.81. The van der Waals surface area contributed by atoms with Crippen molar-refractivity contribution in [3.05, 3.63) is 53.1 Å². The average Bonchev–Trinajstić information content (AvgIpc) is 2.38. The first-order valence-electron chi connectivity index (χ1n) is 5.36. The van der Waals surface area contributed by atoms with E-state index in [0.29, 0.717) is 16.3 Å². The van der Waals surface area contributed by atoms with Crippen molar-refractivity contribution in [3.63, 3.8) is 0 Å². The molecular formula is C14H12ClNO2. The lowest BCUT2D eigenvalue weighted by Crippen LogP contribution is -2.12. The van der Waals surface area contributed by atoms with Crippen molar-refractivity contribution in [2.24, 2.45) is 5.73 Å². The highest BCUT2D eigenvalue weighted by molar-refractivity contribution is 6.32. The summed E-state index contributed by atoms with van der Waals surface area (Å²) >= 11 is 6.07. The Morgan fingerprint density at radius 1 is 1.22 bits per heavy atom. The molecule has 0 heterocycles. The van der Waals surface area contributed by atoms with Gasteiger partial charge < -0.3 is 10.5 Å². The Balaban J connectivity index is 2.55. The van der Waals surface area contributed by atoms with Gasteiger partial charge in [-0.25, -0.2) is 0 Å². The summed E-state index contributed by atoms with van der Waals surface area (Å²) in [6, 6.07) is 12.5. The molecule has 2 rings (SSSR count). The zero-order valence-corrected chi connectivity index (χ0v) is 10.6. The molecule has 0 unspecified atom stereocenters. The van der Waals surface area contributed by atoms with Crippen molar-refractivity contribution in [1.29, 1.82) is 0 Å². The molecule has 2 aromatic carbocycles. The molecular weight excluding hydrogens is 250 g/mol. The maximum Gasteiger partial charge on any atom is 0.249 e. The monoisotopic (exact) mass is 261 g/mol. The molecule has 0 atom stereocenters. The first kappa shape index (κ1) is 12.5. The molecule has 0 aromatic heterocycles. The molecule has 0 aliphatic carbocycles. The summed E-state index contributed by atoms with van der Waals surface area (Å²) in [5.41, 5.74) is 7.41. The Morgan fingerprint density at radius 3 is 2.56 bits per heavy atom. The van der Waals surface area contributed by atoms with E-state index in [9.17, 15) is 4.79 Å². The van der Waals surface area contributed by atoms with Gasteiger partial charge in [0.05, 0.1) is 12.1 Å². The van der Waals surface area contributed by atoms with Gasteiger partial charge in [0.15, 0.2) is 0 Å². The van der Waals surface area contributed by atoms with Gasteiger partial charge in [0.1, 0.15) is 5.75 Å². The highest BCUT2D eigenvalue weighted by Gasteiger charge is 2.10. The van der Waals surface area contributed by atoms with E-state index in [1.165, 1.54) is 0 Å². The number of methoxy groups -OCH3 is 1. The number of ether oxygens (including phenoxy) is 1. The number of carbonyl (C=O) groups is 1. The van der Waals surface area contributed by atoms with Gasteiger partial charge in [0.2, 0.25) is 5.91 Å². The quantitative estimate of drug-likeness (QED) is 0.923. The van der Waals surface area contributed by atoms with Crippen molar-refractivity contribution in [3.8, 4) is 16.9 Å². The summed E-state index contributed by atoms with van der Waals surface area (Å²) < 4.78 is 5.09. The van der Waals surface area contributed by atoms with Crippen LogP contribution in [0.2, 0.25) is 5.02 Å². The lowest BCUT2D eigenvalue weighted by atomic mass is 9.99. The number of halogens is 1. The Morgan fingerprint density at radius 2 is 1.94 bits per heavy atom. The van der Waals surface area contributed by atoms with Gasteiger partial charge in [-0.2, -0.15) is 0 Å². The van der Waals surface area contributed by atoms with Crippen LogP contribution in [0.3, 0.4) is 0 Å². The molecule has 2 aromatic rings. The van der Waals surface area contributed by atoms with Crippen LogP contribution >= 0.6 is 11.6 Å². The summed E-state index contributed by atoms with van der Waals surface area (Å²) in [5.74, 6) is 0.134. The van der Waals surface area contributed by atoms with E-state index in [-0.39, 0.29) is 0 Å². The summed E-state index contributed by atoms with van der Waals surface area (Å²) in [4.78, 5) is 11.4. The predicted molar refractivity (Wildman–Crippen MR) is 72.0 cm³/mol. The van der Waals surface area contributed by atoms with Crippen molar-refractivity contribution >= 4 is 17.5 Å². The van der Waals surface area contributed by atoms with Crippen molar-refractivity contribution in [1.82, 2.24) is 0 Å². The second kappa shape index (κ2) is 5.10. The van der Waals surface area contributed by atoms with Crippen LogP contribution in [-0.4, -0.2) is 13.0 Å². The smallest absolute Gasteiger partial charge is 0.249 e. The summed E-state index contributed by atoms with van der Waals surface area (Å²) in [6.07, 6.45) is 0. The number of primary amides is 1. The maximum absolute atomic E-state index is 11.4. The van der Waals surface area contributed by atoms with Crippen LogP contribution in [-0.2, 0) is 0 Å². The van der Waals surface area contributed by atoms with Crippen molar-refractivity contribution < 1.29 is 9.53 Å². The maximum atomic E-state index is 11.4. The molecule has 2 N–H and O–H groups in total. The third-order valence-corrected chi connectivity index (χ3v) is 2.95. The van der Waals surface area contributed by atoms with Crippen LogP contribution in [0.25, 0.3) is 11.1 Å². The van der Waals surface area contributed by atoms with Crippen molar-refractivity contribution in [2.75, 3.05) is 7.11 Å². The Bertz CT molecular complexity index is 596. The molecule has 18 heavy (non-hydrogen) atoms. The topological polar surface area (TPSA) is 52.3 Å². The fourth-order valence-electron chi connectivity index (χ4n) is 1.78. The average molecular weight is 262 g/mol. The lowest BCUT2D eigenvalue weighted by Gasteiger charge is -2.09. The zero-order chi connectivity index (χ0) is 13.1. The molecule has 0 saturated heterocycles. The van der Waals surface area contributed by atoms with E-state index < -0.39 is 5.91 Å². The Labute approximate surface area is 110 Å². The molecule has 0 radical (unpaired) electrons. The van der Waals surface area contributed by atoms with E-state index in [1.807, 2.05) is 18.2 Å². The van der Waals surface area contributed by atoms with Gasteiger partial charge in [-0.05, 0) is 29.3 Å². The highest BCUT2D eigenvalue weighted by Crippen LogP contribution is 2.31. The first-order chi connectivity index (χ1) is 8.63. The minimum Gasteiger partial charge on any atom is -0.495 e. The molecule has 1 amide bonds. The molecule has 3 nitrogen and oxygen atoms in total. The number of carbonyl (C=O) groups excluding carboxylic acids is 1. The van der Waals surface area contributed by atoms with Gasteiger partial charge in [-0.3, -0.25) is 4.79 Å². The summed E-state index contributed by atoms with van der Waals surface area (Å²) in [7, 11) is 1.55. The third-order valence-electron chi connectivity index (χ3n) is 2.66. The molecule has 4 heteroatoms. The number of benzene rings is 2. The normalized spacial score (nSPS) is 10.1. The second-order valence-electron chi connectivity index (χ2n) is 3.76. The number of nitrogens with two attached hydrogens (primary N) is 1. The minimum atomic E-state index is -0.461. The summed E-state index contributed by atoms with van der Waals surface area (Å²) in [6.45, 7) is 0. The van der Waals surface area contributed by atoms with Crippen LogP contribution in [0.1, 0.15) is 10.4 Å². The van der Waals surface area contributed by atoms with Gasteiger partial charge in [0.25, 0.3) is 0 Å². The molecule has 0 saturated carbocycles. The Kier molecular flexibility index (Phi) is 3.53. The van der Waals surface area contributed by atoms with Crippen LogP contribution in [0, 0.1) is 0 Å². The van der Waals surface area contributed by atoms with Gasteiger partial charge in [-0.15, -0.1) is 0 Å².